The molecular weight excluding hydrogens is 330 g/mol. The van der Waals surface area contributed by atoms with Crippen molar-refractivity contribution < 1.29 is 9.53 Å². The number of carbonyl (C=O) groups is 1. The Bertz CT molecular complexity index is 713. The van der Waals surface area contributed by atoms with E-state index in [2.05, 4.69) is 20.4 Å². The summed E-state index contributed by atoms with van der Waals surface area (Å²) in [5.41, 5.74) is 1.83. The molecule has 1 aromatic carbocycles. The van der Waals surface area contributed by atoms with Gasteiger partial charge in [-0.05, 0) is 67.2 Å². The van der Waals surface area contributed by atoms with E-state index in [4.69, 9.17) is 4.74 Å². The van der Waals surface area contributed by atoms with Gasteiger partial charge in [-0.3, -0.25) is 4.79 Å². The first-order valence-corrected chi connectivity index (χ1v) is 9.30. The molecule has 0 saturated carbocycles. The Morgan fingerprint density at radius 2 is 2.08 bits per heavy atom. The van der Waals surface area contributed by atoms with Gasteiger partial charge in [-0.1, -0.05) is 12.1 Å². The Kier molecular flexibility index (Phi) is 6.33. The molecule has 7 nitrogen and oxygen atoms in total. The summed E-state index contributed by atoms with van der Waals surface area (Å²) in [6, 6.07) is 8.13. The van der Waals surface area contributed by atoms with Crippen molar-refractivity contribution in [1.29, 1.82) is 0 Å². The molecule has 26 heavy (non-hydrogen) atoms. The smallest absolute Gasteiger partial charge is 0.254 e. The van der Waals surface area contributed by atoms with Crippen molar-refractivity contribution in [3.05, 3.63) is 41.2 Å². The molecule has 140 valence electrons. The fraction of sp³-hybridized carbons (Fsp3) is 0.579. The lowest BCUT2D eigenvalue weighted by Crippen LogP contribution is -2.43. The molecule has 3 rings (SSSR count). The van der Waals surface area contributed by atoms with Crippen LogP contribution < -0.4 is 0 Å². The van der Waals surface area contributed by atoms with Gasteiger partial charge in [0, 0.05) is 31.9 Å². The lowest BCUT2D eigenvalue weighted by Gasteiger charge is -2.36. The fourth-order valence-electron chi connectivity index (χ4n) is 3.52. The zero-order chi connectivity index (χ0) is 18.4. The molecule has 1 atom stereocenters. The maximum absolute atomic E-state index is 13.0. The zero-order valence-corrected chi connectivity index (χ0v) is 15.6. The fourth-order valence-corrected chi connectivity index (χ4v) is 3.52. The van der Waals surface area contributed by atoms with E-state index >= 15 is 0 Å². The van der Waals surface area contributed by atoms with Gasteiger partial charge < -0.3 is 9.64 Å². The van der Waals surface area contributed by atoms with Crippen LogP contribution in [-0.4, -0.2) is 57.3 Å². The number of piperidine rings is 1. The van der Waals surface area contributed by atoms with E-state index in [1.54, 1.807) is 11.8 Å². The Balaban J connectivity index is 1.65. The molecule has 0 radical (unpaired) electrons. The van der Waals surface area contributed by atoms with Crippen molar-refractivity contribution in [2.45, 2.75) is 51.6 Å². The summed E-state index contributed by atoms with van der Waals surface area (Å²) >= 11 is 0. The minimum absolute atomic E-state index is 0.136. The highest BCUT2D eigenvalue weighted by atomic mass is 16.5. The summed E-state index contributed by atoms with van der Waals surface area (Å²) in [6.45, 7) is 4.08. The molecule has 0 spiro atoms. The molecule has 1 saturated heterocycles. The summed E-state index contributed by atoms with van der Waals surface area (Å²) < 4.78 is 6.90. The molecule has 1 aliphatic rings. The summed E-state index contributed by atoms with van der Waals surface area (Å²) in [7, 11) is 1.72. The minimum Gasteiger partial charge on any atom is -0.385 e. The second-order valence-electron chi connectivity index (χ2n) is 6.86. The lowest BCUT2D eigenvalue weighted by molar-refractivity contribution is 0.0585. The highest BCUT2D eigenvalue weighted by Gasteiger charge is 2.27. The van der Waals surface area contributed by atoms with E-state index < -0.39 is 0 Å². The number of benzene rings is 1. The van der Waals surface area contributed by atoms with Crippen molar-refractivity contribution in [3.63, 3.8) is 0 Å². The Hall–Kier alpha value is -2.28. The van der Waals surface area contributed by atoms with Gasteiger partial charge in [0.05, 0.1) is 6.54 Å². The summed E-state index contributed by atoms with van der Waals surface area (Å²) in [6.07, 6.45) is 5.38. The topological polar surface area (TPSA) is 73.1 Å². The maximum atomic E-state index is 13.0. The number of amides is 1. The van der Waals surface area contributed by atoms with Gasteiger partial charge in [-0.15, -0.1) is 5.10 Å². The van der Waals surface area contributed by atoms with Crippen LogP contribution in [0.1, 0.15) is 53.8 Å². The predicted molar refractivity (Wildman–Crippen MR) is 97.9 cm³/mol. The van der Waals surface area contributed by atoms with E-state index in [1.807, 2.05) is 31.2 Å². The van der Waals surface area contributed by atoms with E-state index in [0.29, 0.717) is 12.6 Å². The number of aromatic nitrogens is 4. The second-order valence-corrected chi connectivity index (χ2v) is 6.86. The van der Waals surface area contributed by atoms with Crippen LogP contribution >= 0.6 is 0 Å². The first-order chi connectivity index (χ1) is 12.7. The van der Waals surface area contributed by atoms with Crippen molar-refractivity contribution >= 4 is 5.91 Å². The van der Waals surface area contributed by atoms with E-state index in [1.165, 1.54) is 6.42 Å². The van der Waals surface area contributed by atoms with Crippen molar-refractivity contribution in [2.24, 2.45) is 0 Å². The molecule has 1 aliphatic heterocycles. The van der Waals surface area contributed by atoms with Gasteiger partial charge in [-0.25, -0.2) is 4.68 Å². The number of ether oxygens (including phenoxy) is 1. The monoisotopic (exact) mass is 357 g/mol. The normalized spacial score (nSPS) is 17.5. The average molecular weight is 357 g/mol. The van der Waals surface area contributed by atoms with Crippen LogP contribution in [0.2, 0.25) is 0 Å². The molecule has 2 heterocycles. The van der Waals surface area contributed by atoms with Crippen LogP contribution in [-0.2, 0) is 11.3 Å². The predicted octanol–water partition coefficient (Wildman–Crippen LogP) is 2.45. The van der Waals surface area contributed by atoms with Crippen molar-refractivity contribution in [2.75, 3.05) is 20.3 Å². The Morgan fingerprint density at radius 1 is 1.27 bits per heavy atom. The van der Waals surface area contributed by atoms with Crippen molar-refractivity contribution in [1.82, 2.24) is 25.1 Å². The molecule has 7 heteroatoms. The number of methoxy groups -OCH3 is 1. The number of rotatable bonds is 7. The maximum Gasteiger partial charge on any atom is 0.254 e. The Labute approximate surface area is 154 Å². The van der Waals surface area contributed by atoms with Crippen molar-refractivity contribution in [3.8, 4) is 0 Å². The van der Waals surface area contributed by atoms with Crippen LogP contribution in [0, 0.1) is 6.92 Å². The number of carbonyl (C=O) groups excluding carboxylic acids is 1. The van der Waals surface area contributed by atoms with Crippen LogP contribution in [0.3, 0.4) is 0 Å². The quantitative estimate of drug-likeness (QED) is 0.712. The zero-order valence-electron chi connectivity index (χ0n) is 15.6. The number of hydrogen-bond donors (Lipinski definition) is 0. The van der Waals surface area contributed by atoms with Gasteiger partial charge in [0.15, 0.2) is 0 Å². The number of aryl methyl sites for hydroxylation is 1. The van der Waals surface area contributed by atoms with E-state index in [-0.39, 0.29) is 5.91 Å². The largest absolute Gasteiger partial charge is 0.385 e. The molecular formula is C19H27N5O2. The summed E-state index contributed by atoms with van der Waals surface area (Å²) in [4.78, 5) is 15.0. The molecule has 1 amide bonds. The van der Waals surface area contributed by atoms with Gasteiger partial charge in [0.2, 0.25) is 0 Å². The van der Waals surface area contributed by atoms with E-state index in [9.17, 15) is 4.79 Å². The first kappa shape index (κ1) is 18.5. The van der Waals surface area contributed by atoms with Crippen LogP contribution in [0.25, 0.3) is 0 Å². The highest BCUT2D eigenvalue weighted by Crippen LogP contribution is 2.23. The SMILES string of the molecule is COCCC[C@H]1CCCCN1C(=O)c1ccc(Cn2nnnc2C)cc1. The van der Waals surface area contributed by atoms with Crippen LogP contribution in [0.4, 0.5) is 0 Å². The molecule has 1 fully saturated rings. The summed E-state index contributed by atoms with van der Waals surface area (Å²) in [5, 5.41) is 11.5. The Morgan fingerprint density at radius 3 is 2.77 bits per heavy atom. The molecule has 1 aromatic heterocycles. The van der Waals surface area contributed by atoms with Gasteiger partial charge >= 0.3 is 0 Å². The van der Waals surface area contributed by atoms with Gasteiger partial charge in [0.1, 0.15) is 5.82 Å². The average Bonchev–Trinajstić information content (AvgIpc) is 3.07. The molecule has 0 N–H and O–H groups in total. The lowest BCUT2D eigenvalue weighted by atomic mass is 9.97. The summed E-state index contributed by atoms with van der Waals surface area (Å²) in [5.74, 6) is 0.912. The molecule has 0 bridgehead atoms. The minimum atomic E-state index is 0.136. The standard InChI is InChI=1S/C19H27N5O2/c1-15-20-21-22-24(15)14-16-8-10-17(11-9-16)19(25)23-12-4-3-6-18(23)7-5-13-26-2/h8-11,18H,3-7,12-14H2,1-2H3/t18-/m1/s1. The molecule has 2 aromatic rings. The highest BCUT2D eigenvalue weighted by molar-refractivity contribution is 5.94. The van der Waals surface area contributed by atoms with Crippen LogP contribution in [0.5, 0.6) is 0 Å². The number of tetrazole rings is 1. The van der Waals surface area contributed by atoms with Gasteiger partial charge in [0.25, 0.3) is 5.91 Å². The molecule has 0 unspecified atom stereocenters. The number of hydrogen-bond acceptors (Lipinski definition) is 5. The number of nitrogens with zero attached hydrogens (tertiary/aromatic N) is 5. The molecule has 0 aliphatic carbocycles. The first-order valence-electron chi connectivity index (χ1n) is 9.30. The third-order valence-electron chi connectivity index (χ3n) is 5.02. The number of likely N-dealkylation sites (tertiary alicyclic amines) is 1. The van der Waals surface area contributed by atoms with Crippen LogP contribution in [0.15, 0.2) is 24.3 Å². The third-order valence-corrected chi connectivity index (χ3v) is 5.02. The van der Waals surface area contributed by atoms with E-state index in [0.717, 1.165) is 55.8 Å². The van der Waals surface area contributed by atoms with Gasteiger partial charge in [-0.2, -0.15) is 0 Å². The second kappa shape index (κ2) is 8.89. The third kappa shape index (κ3) is 4.46.